The van der Waals surface area contributed by atoms with Gasteiger partial charge in [-0.2, -0.15) is 0 Å². The minimum Gasteiger partial charge on any atom is -0.491 e. The van der Waals surface area contributed by atoms with Gasteiger partial charge in [0.1, 0.15) is 18.1 Å². The Morgan fingerprint density at radius 3 is 2.50 bits per heavy atom. The van der Waals surface area contributed by atoms with E-state index >= 15 is 0 Å². The lowest BCUT2D eigenvalue weighted by molar-refractivity contribution is -0.115. The highest BCUT2D eigenvalue weighted by molar-refractivity contribution is 6.24. The molecule has 4 nitrogen and oxygen atoms in total. The summed E-state index contributed by atoms with van der Waals surface area (Å²) in [6, 6.07) is 21.2. The summed E-state index contributed by atoms with van der Waals surface area (Å²) in [6.45, 7) is 5.08. The van der Waals surface area contributed by atoms with Crippen molar-refractivity contribution in [1.29, 1.82) is 0 Å². The van der Waals surface area contributed by atoms with Crippen LogP contribution in [0.5, 0.6) is 5.75 Å². The van der Waals surface area contributed by atoms with Gasteiger partial charge in [0.05, 0.1) is 18.4 Å². The van der Waals surface area contributed by atoms with E-state index < -0.39 is 0 Å². The molecule has 0 saturated carbocycles. The predicted molar refractivity (Wildman–Crippen MR) is 112 cm³/mol. The number of rotatable bonds is 8. The van der Waals surface area contributed by atoms with Gasteiger partial charge >= 0.3 is 0 Å². The molecule has 1 heterocycles. The van der Waals surface area contributed by atoms with Gasteiger partial charge in [-0.05, 0) is 41.3 Å². The highest BCUT2D eigenvalue weighted by Crippen LogP contribution is 2.25. The Bertz CT molecular complexity index is 912. The third kappa shape index (κ3) is 5.13. The van der Waals surface area contributed by atoms with E-state index in [0.717, 1.165) is 16.9 Å². The highest BCUT2D eigenvalue weighted by Gasteiger charge is 2.13. The standard InChI is InChI=1S/C24H25NO3/c1-18(2)21-12-6-7-13-23(21)28-16-14-25-24(26)22(17-20-11-8-15-27-20)19-9-4-3-5-10-19/h3-13,15,17-18H,14,16H2,1-2H3,(H,25,26)/b22-17+. The summed E-state index contributed by atoms with van der Waals surface area (Å²) < 4.78 is 11.3. The summed E-state index contributed by atoms with van der Waals surface area (Å²) in [5.41, 5.74) is 2.55. The van der Waals surface area contributed by atoms with Crippen LogP contribution in [0.25, 0.3) is 11.6 Å². The smallest absolute Gasteiger partial charge is 0.252 e. The Hall–Kier alpha value is -3.27. The van der Waals surface area contributed by atoms with Crippen LogP contribution in [0, 0.1) is 0 Å². The van der Waals surface area contributed by atoms with E-state index in [9.17, 15) is 4.79 Å². The maximum absolute atomic E-state index is 12.8. The van der Waals surface area contributed by atoms with Crippen molar-refractivity contribution in [2.45, 2.75) is 19.8 Å². The van der Waals surface area contributed by atoms with Crippen LogP contribution in [0.2, 0.25) is 0 Å². The molecular formula is C24H25NO3. The average Bonchev–Trinajstić information content (AvgIpc) is 3.23. The van der Waals surface area contributed by atoms with Crippen LogP contribution in [0.15, 0.2) is 77.4 Å². The molecule has 3 rings (SSSR count). The minimum absolute atomic E-state index is 0.164. The molecule has 1 N–H and O–H groups in total. The number of furan rings is 1. The molecule has 28 heavy (non-hydrogen) atoms. The first-order valence-electron chi connectivity index (χ1n) is 9.45. The van der Waals surface area contributed by atoms with Crippen molar-refractivity contribution in [3.63, 3.8) is 0 Å². The molecule has 144 valence electrons. The second kappa shape index (κ2) is 9.60. The molecule has 0 fully saturated rings. The summed E-state index contributed by atoms with van der Waals surface area (Å²) >= 11 is 0. The van der Waals surface area contributed by atoms with E-state index in [0.29, 0.717) is 30.4 Å². The molecule has 1 aromatic heterocycles. The molecule has 3 aromatic rings. The Kier molecular flexibility index (Phi) is 6.68. The molecule has 0 bridgehead atoms. The SMILES string of the molecule is CC(C)c1ccccc1OCCNC(=O)/C(=C/c1ccco1)c1ccccc1. The Morgan fingerprint density at radius 2 is 1.79 bits per heavy atom. The van der Waals surface area contributed by atoms with Crippen LogP contribution in [0.1, 0.15) is 36.7 Å². The van der Waals surface area contributed by atoms with Gasteiger partial charge in [-0.25, -0.2) is 0 Å². The lowest BCUT2D eigenvalue weighted by Gasteiger charge is -2.14. The number of carbonyl (C=O) groups is 1. The average molecular weight is 375 g/mol. The zero-order valence-corrected chi connectivity index (χ0v) is 16.2. The number of ether oxygens (including phenoxy) is 1. The summed E-state index contributed by atoms with van der Waals surface area (Å²) in [4.78, 5) is 12.8. The van der Waals surface area contributed by atoms with Crippen molar-refractivity contribution >= 4 is 17.6 Å². The number of benzene rings is 2. The lowest BCUT2D eigenvalue weighted by atomic mass is 10.0. The van der Waals surface area contributed by atoms with Crippen molar-refractivity contribution < 1.29 is 13.9 Å². The first-order chi connectivity index (χ1) is 13.6. The van der Waals surface area contributed by atoms with Gasteiger partial charge < -0.3 is 14.5 Å². The number of amides is 1. The fourth-order valence-corrected chi connectivity index (χ4v) is 2.92. The van der Waals surface area contributed by atoms with E-state index in [1.165, 1.54) is 0 Å². The molecule has 0 atom stereocenters. The molecule has 0 radical (unpaired) electrons. The second-order valence-corrected chi connectivity index (χ2v) is 6.74. The van der Waals surface area contributed by atoms with Crippen LogP contribution >= 0.6 is 0 Å². The molecule has 1 amide bonds. The van der Waals surface area contributed by atoms with Gasteiger partial charge in [-0.3, -0.25) is 4.79 Å². The summed E-state index contributed by atoms with van der Waals surface area (Å²) in [6.07, 6.45) is 3.34. The van der Waals surface area contributed by atoms with Crippen molar-refractivity contribution in [3.8, 4) is 5.75 Å². The van der Waals surface area contributed by atoms with Gasteiger partial charge in [0.2, 0.25) is 0 Å². The number of carbonyl (C=O) groups excluding carboxylic acids is 1. The maximum Gasteiger partial charge on any atom is 0.252 e. The Balaban J connectivity index is 1.64. The largest absolute Gasteiger partial charge is 0.491 e. The highest BCUT2D eigenvalue weighted by atomic mass is 16.5. The second-order valence-electron chi connectivity index (χ2n) is 6.74. The van der Waals surface area contributed by atoms with E-state index in [2.05, 4.69) is 25.2 Å². The van der Waals surface area contributed by atoms with Crippen LogP contribution < -0.4 is 10.1 Å². The van der Waals surface area contributed by atoms with Crippen LogP contribution in [0.4, 0.5) is 0 Å². The topological polar surface area (TPSA) is 51.5 Å². The third-order valence-corrected chi connectivity index (χ3v) is 4.35. The van der Waals surface area contributed by atoms with E-state index in [4.69, 9.17) is 9.15 Å². The quantitative estimate of drug-likeness (QED) is 0.438. The molecule has 2 aromatic carbocycles. The van der Waals surface area contributed by atoms with Crippen molar-refractivity contribution in [3.05, 3.63) is 89.9 Å². The number of nitrogens with one attached hydrogen (secondary N) is 1. The lowest BCUT2D eigenvalue weighted by Crippen LogP contribution is -2.29. The monoisotopic (exact) mass is 375 g/mol. The van der Waals surface area contributed by atoms with Crippen LogP contribution in [0.3, 0.4) is 0 Å². The molecule has 0 saturated heterocycles. The summed E-state index contributed by atoms with van der Waals surface area (Å²) in [5, 5.41) is 2.94. The molecule has 0 spiro atoms. The van der Waals surface area contributed by atoms with Gasteiger partial charge in [-0.15, -0.1) is 0 Å². The predicted octanol–water partition coefficient (Wildman–Crippen LogP) is 5.14. The fourth-order valence-electron chi connectivity index (χ4n) is 2.92. The normalized spacial score (nSPS) is 11.5. The molecule has 4 heteroatoms. The Morgan fingerprint density at radius 1 is 1.04 bits per heavy atom. The third-order valence-electron chi connectivity index (χ3n) is 4.35. The molecule has 0 aliphatic heterocycles. The Labute approximate surface area is 165 Å². The molecular weight excluding hydrogens is 350 g/mol. The van der Waals surface area contributed by atoms with Crippen LogP contribution in [-0.4, -0.2) is 19.1 Å². The zero-order valence-electron chi connectivity index (χ0n) is 16.2. The van der Waals surface area contributed by atoms with Gasteiger partial charge in [0.25, 0.3) is 5.91 Å². The first-order valence-corrected chi connectivity index (χ1v) is 9.45. The molecule has 0 aliphatic rings. The van der Waals surface area contributed by atoms with Crippen LogP contribution in [-0.2, 0) is 4.79 Å². The van der Waals surface area contributed by atoms with Gasteiger partial charge in [-0.1, -0.05) is 62.4 Å². The summed E-state index contributed by atoms with van der Waals surface area (Å²) in [7, 11) is 0. The molecule has 0 aliphatic carbocycles. The number of para-hydroxylation sites is 1. The van der Waals surface area contributed by atoms with Gasteiger partial charge in [0.15, 0.2) is 0 Å². The van der Waals surface area contributed by atoms with Crippen molar-refractivity contribution in [2.75, 3.05) is 13.2 Å². The molecule has 0 unspecified atom stereocenters. The van der Waals surface area contributed by atoms with E-state index in [-0.39, 0.29) is 5.91 Å². The fraction of sp³-hybridized carbons (Fsp3) is 0.208. The number of hydrogen-bond donors (Lipinski definition) is 1. The van der Waals surface area contributed by atoms with Crippen molar-refractivity contribution in [1.82, 2.24) is 5.32 Å². The summed E-state index contributed by atoms with van der Waals surface area (Å²) in [5.74, 6) is 1.72. The number of hydrogen-bond acceptors (Lipinski definition) is 3. The van der Waals surface area contributed by atoms with E-state index in [1.54, 1.807) is 18.4 Å². The zero-order chi connectivity index (χ0) is 19.8. The maximum atomic E-state index is 12.8. The van der Waals surface area contributed by atoms with Gasteiger partial charge in [0, 0.05) is 0 Å². The van der Waals surface area contributed by atoms with Crippen molar-refractivity contribution in [2.24, 2.45) is 0 Å². The minimum atomic E-state index is -0.164. The van der Waals surface area contributed by atoms with E-state index in [1.807, 2.05) is 54.6 Å². The first kappa shape index (κ1) is 19.5.